The first-order chi connectivity index (χ1) is 7.68. The van der Waals surface area contributed by atoms with E-state index in [9.17, 15) is 4.79 Å². The van der Waals surface area contributed by atoms with Crippen molar-refractivity contribution in [2.45, 2.75) is 13.8 Å². The number of hydrogen-bond acceptors (Lipinski definition) is 2. The molecule has 0 N–H and O–H groups in total. The molecule has 2 heteroatoms. The normalized spacial score (nSPS) is 10.1. The van der Waals surface area contributed by atoms with Crippen LogP contribution < -0.4 is 0 Å². The summed E-state index contributed by atoms with van der Waals surface area (Å²) in [6.07, 6.45) is 1.63. The Morgan fingerprint density at radius 1 is 1.06 bits per heavy atom. The second-order valence-electron chi connectivity index (χ2n) is 3.84. The van der Waals surface area contributed by atoms with E-state index in [1.165, 1.54) is 5.56 Å². The van der Waals surface area contributed by atoms with Crippen molar-refractivity contribution in [1.29, 1.82) is 0 Å². The average molecular weight is 211 g/mol. The van der Waals surface area contributed by atoms with Gasteiger partial charge in [-0.1, -0.05) is 18.2 Å². The van der Waals surface area contributed by atoms with Crippen LogP contribution in [0.5, 0.6) is 0 Å². The quantitative estimate of drug-likeness (QED) is 0.715. The summed E-state index contributed by atoms with van der Waals surface area (Å²) in [4.78, 5) is 16.1. The molecule has 80 valence electrons. The number of nitrogens with zero attached hydrogens (tertiary/aromatic N) is 1. The number of aryl methyl sites for hydroxylation is 2. The van der Waals surface area contributed by atoms with E-state index in [4.69, 9.17) is 0 Å². The van der Waals surface area contributed by atoms with Crippen molar-refractivity contribution in [2.24, 2.45) is 0 Å². The lowest BCUT2D eigenvalue weighted by molar-refractivity contribution is 0.103. The SMILES string of the molecule is Cc1ccc(C(=O)c2ccccn2)cc1C. The van der Waals surface area contributed by atoms with E-state index in [0.717, 1.165) is 5.56 Å². The van der Waals surface area contributed by atoms with E-state index in [2.05, 4.69) is 4.98 Å². The molecule has 0 aliphatic heterocycles. The molecule has 0 radical (unpaired) electrons. The molecular formula is C14H13NO. The number of benzene rings is 1. The van der Waals surface area contributed by atoms with Crippen LogP contribution in [0.3, 0.4) is 0 Å². The van der Waals surface area contributed by atoms with Crippen molar-refractivity contribution >= 4 is 5.78 Å². The van der Waals surface area contributed by atoms with E-state index in [1.807, 2.05) is 38.1 Å². The molecule has 0 fully saturated rings. The van der Waals surface area contributed by atoms with Gasteiger partial charge >= 0.3 is 0 Å². The summed E-state index contributed by atoms with van der Waals surface area (Å²) in [7, 11) is 0. The van der Waals surface area contributed by atoms with Crippen LogP contribution in [0.1, 0.15) is 27.2 Å². The Morgan fingerprint density at radius 3 is 2.50 bits per heavy atom. The van der Waals surface area contributed by atoms with Crippen LogP contribution in [0.25, 0.3) is 0 Å². The molecular weight excluding hydrogens is 198 g/mol. The number of rotatable bonds is 2. The Labute approximate surface area is 95.0 Å². The lowest BCUT2D eigenvalue weighted by atomic mass is 10.0. The number of pyridine rings is 1. The molecule has 16 heavy (non-hydrogen) atoms. The standard InChI is InChI=1S/C14H13NO/c1-10-6-7-12(9-11(10)2)14(16)13-5-3-4-8-15-13/h3-9H,1-2H3. The minimum absolute atomic E-state index is 0.0244. The molecule has 0 unspecified atom stereocenters. The van der Waals surface area contributed by atoms with Crippen LogP contribution in [0.15, 0.2) is 42.6 Å². The number of hydrogen-bond donors (Lipinski definition) is 0. The number of aromatic nitrogens is 1. The van der Waals surface area contributed by atoms with Crippen LogP contribution >= 0.6 is 0 Å². The first kappa shape index (κ1) is 10.6. The third kappa shape index (κ3) is 2.01. The van der Waals surface area contributed by atoms with Gasteiger partial charge in [0, 0.05) is 11.8 Å². The van der Waals surface area contributed by atoms with Gasteiger partial charge in [-0.2, -0.15) is 0 Å². The third-order valence-corrected chi connectivity index (χ3v) is 2.67. The van der Waals surface area contributed by atoms with Gasteiger partial charge in [0.25, 0.3) is 0 Å². The maximum atomic E-state index is 12.0. The van der Waals surface area contributed by atoms with Crippen LogP contribution in [-0.2, 0) is 0 Å². The van der Waals surface area contributed by atoms with Crippen LogP contribution in [-0.4, -0.2) is 10.8 Å². The van der Waals surface area contributed by atoms with Gasteiger partial charge in [-0.25, -0.2) is 0 Å². The highest BCUT2D eigenvalue weighted by Gasteiger charge is 2.10. The lowest BCUT2D eigenvalue weighted by Crippen LogP contribution is -2.04. The molecule has 0 bridgehead atoms. The zero-order valence-electron chi connectivity index (χ0n) is 9.40. The molecule has 0 amide bonds. The molecule has 2 rings (SSSR count). The fraction of sp³-hybridized carbons (Fsp3) is 0.143. The molecule has 0 atom stereocenters. The van der Waals surface area contributed by atoms with E-state index in [1.54, 1.807) is 18.3 Å². The summed E-state index contributed by atoms with van der Waals surface area (Å²) in [6.45, 7) is 4.04. The molecule has 0 aliphatic carbocycles. The third-order valence-electron chi connectivity index (χ3n) is 2.67. The van der Waals surface area contributed by atoms with Crippen molar-refractivity contribution in [3.8, 4) is 0 Å². The van der Waals surface area contributed by atoms with Gasteiger partial charge in [0.1, 0.15) is 5.69 Å². The minimum atomic E-state index is -0.0244. The van der Waals surface area contributed by atoms with Crippen molar-refractivity contribution < 1.29 is 4.79 Å². The Morgan fingerprint density at radius 2 is 1.88 bits per heavy atom. The van der Waals surface area contributed by atoms with Gasteiger partial charge in [0.05, 0.1) is 0 Å². The first-order valence-electron chi connectivity index (χ1n) is 5.21. The summed E-state index contributed by atoms with van der Waals surface area (Å²) < 4.78 is 0. The van der Waals surface area contributed by atoms with Crippen molar-refractivity contribution in [3.63, 3.8) is 0 Å². The topological polar surface area (TPSA) is 30.0 Å². The fourth-order valence-electron chi connectivity index (χ4n) is 1.53. The second kappa shape index (κ2) is 4.27. The van der Waals surface area contributed by atoms with E-state index in [0.29, 0.717) is 11.3 Å². The summed E-state index contributed by atoms with van der Waals surface area (Å²) in [5.74, 6) is -0.0244. The molecule has 2 aromatic rings. The van der Waals surface area contributed by atoms with Gasteiger partial charge in [-0.15, -0.1) is 0 Å². The van der Waals surface area contributed by atoms with Gasteiger partial charge in [0.15, 0.2) is 0 Å². The molecule has 0 saturated heterocycles. The lowest BCUT2D eigenvalue weighted by Gasteiger charge is -2.03. The van der Waals surface area contributed by atoms with Gasteiger partial charge < -0.3 is 0 Å². The maximum absolute atomic E-state index is 12.0. The highest BCUT2D eigenvalue weighted by atomic mass is 16.1. The van der Waals surface area contributed by atoms with Crippen molar-refractivity contribution in [3.05, 3.63) is 65.0 Å². The summed E-state index contributed by atoms with van der Waals surface area (Å²) >= 11 is 0. The smallest absolute Gasteiger partial charge is 0.211 e. The molecule has 1 heterocycles. The highest BCUT2D eigenvalue weighted by Crippen LogP contribution is 2.12. The zero-order chi connectivity index (χ0) is 11.5. The van der Waals surface area contributed by atoms with Gasteiger partial charge in [-0.05, 0) is 43.2 Å². The Hall–Kier alpha value is -1.96. The zero-order valence-corrected chi connectivity index (χ0v) is 9.40. The molecule has 0 aliphatic rings. The molecule has 2 nitrogen and oxygen atoms in total. The highest BCUT2D eigenvalue weighted by molar-refractivity contribution is 6.07. The summed E-state index contributed by atoms with van der Waals surface area (Å²) in [6, 6.07) is 11.1. The molecule has 1 aromatic carbocycles. The number of carbonyl (C=O) groups excluding carboxylic acids is 1. The van der Waals surface area contributed by atoms with E-state index < -0.39 is 0 Å². The fourth-order valence-corrected chi connectivity index (χ4v) is 1.53. The minimum Gasteiger partial charge on any atom is -0.287 e. The average Bonchev–Trinajstić information content (AvgIpc) is 2.33. The van der Waals surface area contributed by atoms with Crippen LogP contribution in [0.2, 0.25) is 0 Å². The monoisotopic (exact) mass is 211 g/mol. The van der Waals surface area contributed by atoms with Crippen LogP contribution in [0, 0.1) is 13.8 Å². The molecule has 1 aromatic heterocycles. The van der Waals surface area contributed by atoms with Gasteiger partial charge in [0.2, 0.25) is 5.78 Å². The number of carbonyl (C=O) groups is 1. The number of ketones is 1. The first-order valence-corrected chi connectivity index (χ1v) is 5.21. The molecule has 0 saturated carbocycles. The maximum Gasteiger partial charge on any atom is 0.211 e. The Balaban J connectivity index is 2.39. The molecule has 0 spiro atoms. The summed E-state index contributed by atoms with van der Waals surface area (Å²) in [5.41, 5.74) is 3.51. The summed E-state index contributed by atoms with van der Waals surface area (Å²) in [5, 5.41) is 0. The van der Waals surface area contributed by atoms with Gasteiger partial charge in [-0.3, -0.25) is 9.78 Å². The van der Waals surface area contributed by atoms with Crippen molar-refractivity contribution in [2.75, 3.05) is 0 Å². The Bertz CT molecular complexity index is 518. The Kier molecular flexibility index (Phi) is 2.82. The van der Waals surface area contributed by atoms with Crippen molar-refractivity contribution in [1.82, 2.24) is 4.98 Å². The van der Waals surface area contributed by atoms with E-state index in [-0.39, 0.29) is 5.78 Å². The predicted molar refractivity (Wildman–Crippen MR) is 63.6 cm³/mol. The second-order valence-corrected chi connectivity index (χ2v) is 3.84. The predicted octanol–water partition coefficient (Wildman–Crippen LogP) is 2.93. The van der Waals surface area contributed by atoms with Crippen LogP contribution in [0.4, 0.5) is 0 Å². The van der Waals surface area contributed by atoms with E-state index >= 15 is 0 Å². The largest absolute Gasteiger partial charge is 0.287 e.